The Morgan fingerprint density at radius 1 is 1.28 bits per heavy atom. The number of rotatable bonds is 3. The van der Waals surface area contributed by atoms with E-state index in [2.05, 4.69) is 50.3 Å². The second-order valence-electron chi connectivity index (χ2n) is 4.13. The highest BCUT2D eigenvalue weighted by Gasteiger charge is 2.09. The normalized spacial score (nSPS) is 11.2. The molecule has 92 valence electrons. The van der Waals surface area contributed by atoms with Gasteiger partial charge in [-0.2, -0.15) is 0 Å². The van der Waals surface area contributed by atoms with Gasteiger partial charge >= 0.3 is 0 Å². The van der Waals surface area contributed by atoms with Crippen LogP contribution in [-0.4, -0.2) is 9.97 Å². The standard InChI is InChI=1S/C13H12BrN3S/c14-12-11(17-13(15)18-12)6-5-8-7-16-10-4-2-1-3-9(8)10/h1-4,7,16H,5-6H2,(H2,15,17). The number of aromatic nitrogens is 2. The highest BCUT2D eigenvalue weighted by molar-refractivity contribution is 9.11. The molecule has 0 fully saturated rings. The van der Waals surface area contributed by atoms with Crippen molar-refractivity contribution in [3.63, 3.8) is 0 Å². The minimum absolute atomic E-state index is 0.621. The van der Waals surface area contributed by atoms with E-state index in [0.29, 0.717) is 5.13 Å². The van der Waals surface area contributed by atoms with Gasteiger partial charge in [0.1, 0.15) is 0 Å². The zero-order chi connectivity index (χ0) is 12.5. The first-order valence-corrected chi connectivity index (χ1v) is 7.30. The summed E-state index contributed by atoms with van der Waals surface area (Å²) >= 11 is 4.98. The molecule has 0 saturated heterocycles. The maximum absolute atomic E-state index is 5.69. The van der Waals surface area contributed by atoms with Crippen LogP contribution in [-0.2, 0) is 12.8 Å². The van der Waals surface area contributed by atoms with Gasteiger partial charge in [0.15, 0.2) is 5.13 Å². The van der Waals surface area contributed by atoms with Crippen molar-refractivity contribution in [3.05, 3.63) is 45.5 Å². The lowest BCUT2D eigenvalue weighted by molar-refractivity contribution is 0.929. The number of benzene rings is 1. The summed E-state index contributed by atoms with van der Waals surface area (Å²) in [6.45, 7) is 0. The Hall–Kier alpha value is -1.33. The molecule has 1 aromatic carbocycles. The third-order valence-corrected chi connectivity index (χ3v) is 4.63. The van der Waals surface area contributed by atoms with Gasteiger partial charge in [0.05, 0.1) is 9.48 Å². The van der Waals surface area contributed by atoms with Crippen LogP contribution in [0.25, 0.3) is 10.9 Å². The largest absolute Gasteiger partial charge is 0.375 e. The van der Waals surface area contributed by atoms with Gasteiger partial charge in [0, 0.05) is 17.1 Å². The number of H-pyrrole nitrogens is 1. The van der Waals surface area contributed by atoms with Crippen molar-refractivity contribution in [1.29, 1.82) is 0 Å². The molecule has 0 spiro atoms. The van der Waals surface area contributed by atoms with E-state index in [0.717, 1.165) is 22.3 Å². The van der Waals surface area contributed by atoms with Crippen LogP contribution in [0.2, 0.25) is 0 Å². The molecule has 5 heteroatoms. The topological polar surface area (TPSA) is 54.7 Å². The first-order valence-electron chi connectivity index (χ1n) is 5.69. The van der Waals surface area contributed by atoms with Crippen LogP contribution in [0.15, 0.2) is 34.2 Å². The summed E-state index contributed by atoms with van der Waals surface area (Å²) in [5, 5.41) is 1.91. The molecule has 0 saturated carbocycles. The molecule has 3 aromatic rings. The molecule has 0 aliphatic carbocycles. The molecule has 0 atom stereocenters. The minimum atomic E-state index is 0.621. The van der Waals surface area contributed by atoms with Crippen LogP contribution in [0.1, 0.15) is 11.3 Å². The third kappa shape index (κ3) is 2.15. The Labute approximate surface area is 117 Å². The van der Waals surface area contributed by atoms with E-state index < -0.39 is 0 Å². The van der Waals surface area contributed by atoms with E-state index in [1.807, 2.05) is 6.07 Å². The summed E-state index contributed by atoms with van der Waals surface area (Å²) in [5.74, 6) is 0. The molecule has 2 aromatic heterocycles. The molecule has 3 N–H and O–H groups in total. The van der Waals surface area contributed by atoms with Crippen molar-refractivity contribution in [2.75, 3.05) is 5.73 Å². The number of nitrogen functional groups attached to an aromatic ring is 1. The van der Waals surface area contributed by atoms with E-state index in [9.17, 15) is 0 Å². The van der Waals surface area contributed by atoms with Gasteiger partial charge in [-0.1, -0.05) is 29.5 Å². The predicted molar refractivity (Wildman–Crippen MR) is 79.9 cm³/mol. The van der Waals surface area contributed by atoms with Crippen molar-refractivity contribution in [1.82, 2.24) is 9.97 Å². The monoisotopic (exact) mass is 321 g/mol. The maximum Gasteiger partial charge on any atom is 0.181 e. The summed E-state index contributed by atoms with van der Waals surface area (Å²) in [7, 11) is 0. The molecular formula is C13H12BrN3S. The zero-order valence-corrected chi connectivity index (χ0v) is 12.0. The van der Waals surface area contributed by atoms with Crippen molar-refractivity contribution in [3.8, 4) is 0 Å². The minimum Gasteiger partial charge on any atom is -0.375 e. The number of para-hydroxylation sites is 1. The first kappa shape index (κ1) is 11.7. The second kappa shape index (κ2) is 4.74. The summed E-state index contributed by atoms with van der Waals surface area (Å²) in [6.07, 6.45) is 3.94. The zero-order valence-electron chi connectivity index (χ0n) is 9.61. The predicted octanol–water partition coefficient (Wildman–Crippen LogP) is 3.75. The molecule has 3 nitrogen and oxygen atoms in total. The lowest BCUT2D eigenvalue weighted by Gasteiger charge is -1.98. The molecule has 0 amide bonds. The highest BCUT2D eigenvalue weighted by Crippen LogP contribution is 2.28. The van der Waals surface area contributed by atoms with Crippen molar-refractivity contribution in [2.45, 2.75) is 12.8 Å². The molecular weight excluding hydrogens is 310 g/mol. The van der Waals surface area contributed by atoms with Crippen molar-refractivity contribution in [2.24, 2.45) is 0 Å². The van der Waals surface area contributed by atoms with E-state index in [4.69, 9.17) is 5.73 Å². The van der Waals surface area contributed by atoms with Crippen LogP contribution < -0.4 is 5.73 Å². The van der Waals surface area contributed by atoms with Gasteiger partial charge in [-0.3, -0.25) is 0 Å². The maximum atomic E-state index is 5.69. The molecule has 0 bridgehead atoms. The lowest BCUT2D eigenvalue weighted by atomic mass is 10.1. The summed E-state index contributed by atoms with van der Waals surface area (Å²) < 4.78 is 1.04. The molecule has 2 heterocycles. The van der Waals surface area contributed by atoms with Crippen LogP contribution in [0.4, 0.5) is 5.13 Å². The number of hydrogen-bond donors (Lipinski definition) is 2. The Morgan fingerprint density at radius 2 is 2.11 bits per heavy atom. The van der Waals surface area contributed by atoms with Crippen molar-refractivity contribution < 1.29 is 0 Å². The fourth-order valence-electron chi connectivity index (χ4n) is 2.10. The quantitative estimate of drug-likeness (QED) is 0.771. The number of fused-ring (bicyclic) bond motifs is 1. The Kier molecular flexibility index (Phi) is 3.09. The summed E-state index contributed by atoms with van der Waals surface area (Å²) in [4.78, 5) is 7.62. The third-order valence-electron chi connectivity index (χ3n) is 2.97. The smallest absolute Gasteiger partial charge is 0.181 e. The van der Waals surface area contributed by atoms with Crippen molar-refractivity contribution >= 4 is 43.3 Å². The molecule has 3 rings (SSSR count). The Balaban J connectivity index is 1.83. The summed E-state index contributed by atoms with van der Waals surface area (Å²) in [6, 6.07) is 8.35. The van der Waals surface area contributed by atoms with Gasteiger partial charge in [-0.05, 0) is 40.4 Å². The van der Waals surface area contributed by atoms with Crippen LogP contribution >= 0.6 is 27.3 Å². The molecule has 0 unspecified atom stereocenters. The summed E-state index contributed by atoms with van der Waals surface area (Å²) in [5.41, 5.74) is 9.24. The van der Waals surface area contributed by atoms with E-state index in [1.54, 1.807) is 0 Å². The fourth-order valence-corrected chi connectivity index (χ4v) is 3.49. The molecule has 0 aliphatic rings. The van der Waals surface area contributed by atoms with E-state index in [-0.39, 0.29) is 0 Å². The number of nitrogens with two attached hydrogens (primary N) is 1. The number of halogens is 1. The van der Waals surface area contributed by atoms with Gasteiger partial charge < -0.3 is 10.7 Å². The number of aryl methyl sites for hydroxylation is 2. The van der Waals surface area contributed by atoms with Gasteiger partial charge in [-0.15, -0.1) is 0 Å². The molecule has 0 aliphatic heterocycles. The fraction of sp³-hybridized carbons (Fsp3) is 0.154. The van der Waals surface area contributed by atoms with E-state index >= 15 is 0 Å². The van der Waals surface area contributed by atoms with Gasteiger partial charge in [0.25, 0.3) is 0 Å². The molecule has 0 radical (unpaired) electrons. The number of anilines is 1. The molecule has 18 heavy (non-hydrogen) atoms. The Morgan fingerprint density at radius 3 is 2.89 bits per heavy atom. The number of nitrogens with zero attached hydrogens (tertiary/aromatic N) is 1. The second-order valence-corrected chi connectivity index (χ2v) is 6.48. The number of thiazole rings is 1. The highest BCUT2D eigenvalue weighted by atomic mass is 79.9. The number of hydrogen-bond acceptors (Lipinski definition) is 3. The number of aromatic amines is 1. The van der Waals surface area contributed by atoms with Crippen LogP contribution in [0.3, 0.4) is 0 Å². The first-order chi connectivity index (χ1) is 8.74. The van der Waals surface area contributed by atoms with E-state index in [1.165, 1.54) is 27.8 Å². The van der Waals surface area contributed by atoms with Crippen LogP contribution in [0.5, 0.6) is 0 Å². The van der Waals surface area contributed by atoms with Gasteiger partial charge in [-0.25, -0.2) is 4.98 Å². The number of nitrogens with one attached hydrogen (secondary N) is 1. The lowest BCUT2D eigenvalue weighted by Crippen LogP contribution is -1.92. The SMILES string of the molecule is Nc1nc(CCc2c[nH]c3ccccc23)c(Br)s1. The van der Waals surface area contributed by atoms with Crippen LogP contribution in [0, 0.1) is 0 Å². The average Bonchev–Trinajstić information content (AvgIpc) is 2.90. The average molecular weight is 322 g/mol. The Bertz CT molecular complexity index is 686. The van der Waals surface area contributed by atoms with Gasteiger partial charge in [0.2, 0.25) is 0 Å².